The lowest BCUT2D eigenvalue weighted by molar-refractivity contribution is -0.134. The highest BCUT2D eigenvalue weighted by Crippen LogP contribution is 2.31. The third-order valence-electron chi connectivity index (χ3n) is 5.30. The van der Waals surface area contributed by atoms with Crippen LogP contribution in [0.15, 0.2) is 24.3 Å². The quantitative estimate of drug-likeness (QED) is 0.797. The second-order valence-electron chi connectivity index (χ2n) is 7.83. The molecule has 2 N–H and O–H groups in total. The molecule has 0 bridgehead atoms. The first-order valence-electron chi connectivity index (χ1n) is 9.84. The normalized spacial score (nSPS) is 18.7. The zero-order valence-corrected chi connectivity index (χ0v) is 16.2. The van der Waals surface area contributed by atoms with Crippen LogP contribution in [-0.4, -0.2) is 47.8 Å². The summed E-state index contributed by atoms with van der Waals surface area (Å²) in [5.74, 6) is 0.149. The van der Waals surface area contributed by atoms with E-state index >= 15 is 0 Å². The molecular formula is C21H29N3O3. The third kappa shape index (κ3) is 5.55. The molecule has 6 heteroatoms. The molecule has 3 rings (SSSR count). The number of aryl methyl sites for hydroxylation is 1. The number of piperidine rings is 1. The van der Waals surface area contributed by atoms with Gasteiger partial charge in [0, 0.05) is 38.4 Å². The molecule has 6 nitrogen and oxygen atoms in total. The van der Waals surface area contributed by atoms with E-state index in [1.807, 2.05) is 36.1 Å². The minimum atomic E-state index is -0.588. The second kappa shape index (κ2) is 8.55. The standard InChI is InChI=1S/C21H29N3O3/c1-14-4-3-5-16(12-14)13-19(22-15(2)25)20(26)23-18-8-10-24(11-9-18)21(27)17-6-7-17/h3-5,12,17-19H,6-11,13H2,1-2H3,(H,22,25)(H,23,26). The Morgan fingerprint density at radius 1 is 1.15 bits per heavy atom. The number of likely N-dealkylation sites (tertiary alicyclic amines) is 1. The van der Waals surface area contributed by atoms with Gasteiger partial charge in [0.2, 0.25) is 17.7 Å². The van der Waals surface area contributed by atoms with Gasteiger partial charge in [-0.05, 0) is 38.2 Å². The predicted octanol–water partition coefficient (Wildman–Crippen LogP) is 1.56. The van der Waals surface area contributed by atoms with Gasteiger partial charge in [-0.1, -0.05) is 29.8 Å². The van der Waals surface area contributed by atoms with Gasteiger partial charge in [-0.25, -0.2) is 0 Å². The lowest BCUT2D eigenvalue weighted by atomic mass is 10.0. The Morgan fingerprint density at radius 3 is 2.44 bits per heavy atom. The number of nitrogens with one attached hydrogen (secondary N) is 2. The molecule has 1 unspecified atom stereocenters. The molecule has 3 amide bonds. The van der Waals surface area contributed by atoms with Crippen LogP contribution in [0, 0.1) is 12.8 Å². The SMILES string of the molecule is CC(=O)NC(Cc1cccc(C)c1)C(=O)NC1CCN(C(=O)C2CC2)CC1. The molecule has 0 spiro atoms. The summed E-state index contributed by atoms with van der Waals surface area (Å²) < 4.78 is 0. The number of rotatable bonds is 6. The highest BCUT2D eigenvalue weighted by atomic mass is 16.2. The first kappa shape index (κ1) is 19.4. The van der Waals surface area contributed by atoms with Gasteiger partial charge in [0.05, 0.1) is 0 Å². The van der Waals surface area contributed by atoms with Crippen molar-refractivity contribution in [3.8, 4) is 0 Å². The average Bonchev–Trinajstić information content (AvgIpc) is 3.46. The summed E-state index contributed by atoms with van der Waals surface area (Å²) in [6.07, 6.45) is 4.04. The maximum atomic E-state index is 12.8. The molecule has 1 aromatic carbocycles. The van der Waals surface area contributed by atoms with Crippen molar-refractivity contribution in [2.24, 2.45) is 5.92 Å². The molecule has 1 atom stereocenters. The lowest BCUT2D eigenvalue weighted by Gasteiger charge is -2.33. The van der Waals surface area contributed by atoms with E-state index in [0.717, 1.165) is 36.8 Å². The van der Waals surface area contributed by atoms with Crippen LogP contribution in [0.1, 0.15) is 43.7 Å². The van der Waals surface area contributed by atoms with Crippen molar-refractivity contribution in [3.05, 3.63) is 35.4 Å². The highest BCUT2D eigenvalue weighted by Gasteiger charge is 2.35. The molecule has 1 aliphatic carbocycles. The zero-order valence-electron chi connectivity index (χ0n) is 16.2. The number of carbonyl (C=O) groups is 3. The number of benzene rings is 1. The Labute approximate surface area is 160 Å². The monoisotopic (exact) mass is 371 g/mol. The molecular weight excluding hydrogens is 342 g/mol. The Kier molecular flexibility index (Phi) is 6.14. The van der Waals surface area contributed by atoms with Gasteiger partial charge in [-0.15, -0.1) is 0 Å². The van der Waals surface area contributed by atoms with E-state index in [4.69, 9.17) is 0 Å². The Morgan fingerprint density at radius 2 is 1.85 bits per heavy atom. The van der Waals surface area contributed by atoms with Crippen molar-refractivity contribution in [1.29, 1.82) is 0 Å². The maximum Gasteiger partial charge on any atom is 0.243 e. The van der Waals surface area contributed by atoms with Crippen molar-refractivity contribution in [3.63, 3.8) is 0 Å². The van der Waals surface area contributed by atoms with Gasteiger partial charge < -0.3 is 15.5 Å². The molecule has 0 radical (unpaired) electrons. The third-order valence-corrected chi connectivity index (χ3v) is 5.30. The number of hydrogen-bond acceptors (Lipinski definition) is 3. The lowest BCUT2D eigenvalue weighted by Crippen LogP contribution is -2.53. The maximum absolute atomic E-state index is 12.8. The van der Waals surface area contributed by atoms with E-state index in [-0.39, 0.29) is 29.7 Å². The van der Waals surface area contributed by atoms with Gasteiger partial charge in [-0.2, -0.15) is 0 Å². The van der Waals surface area contributed by atoms with Crippen molar-refractivity contribution in [1.82, 2.24) is 15.5 Å². The van der Waals surface area contributed by atoms with Crippen molar-refractivity contribution < 1.29 is 14.4 Å². The summed E-state index contributed by atoms with van der Waals surface area (Å²) in [6.45, 7) is 4.83. The zero-order chi connectivity index (χ0) is 19.4. The predicted molar refractivity (Wildman–Crippen MR) is 103 cm³/mol. The van der Waals surface area contributed by atoms with E-state index in [2.05, 4.69) is 10.6 Å². The molecule has 1 saturated heterocycles. The van der Waals surface area contributed by atoms with Crippen LogP contribution >= 0.6 is 0 Å². The van der Waals surface area contributed by atoms with Crippen molar-refractivity contribution >= 4 is 17.7 Å². The van der Waals surface area contributed by atoms with Crippen LogP contribution in [0.4, 0.5) is 0 Å². The second-order valence-corrected chi connectivity index (χ2v) is 7.83. The van der Waals surface area contributed by atoms with E-state index < -0.39 is 6.04 Å². The fourth-order valence-corrected chi connectivity index (χ4v) is 3.66. The topological polar surface area (TPSA) is 78.5 Å². The van der Waals surface area contributed by atoms with Gasteiger partial charge in [0.25, 0.3) is 0 Å². The van der Waals surface area contributed by atoms with Gasteiger partial charge in [0.15, 0.2) is 0 Å². The molecule has 1 aromatic rings. The smallest absolute Gasteiger partial charge is 0.243 e. The molecule has 2 fully saturated rings. The summed E-state index contributed by atoms with van der Waals surface area (Å²) in [5.41, 5.74) is 2.15. The summed E-state index contributed by atoms with van der Waals surface area (Å²) in [4.78, 5) is 38.4. The van der Waals surface area contributed by atoms with E-state index in [1.54, 1.807) is 0 Å². The number of amides is 3. The van der Waals surface area contributed by atoms with Crippen LogP contribution in [0.2, 0.25) is 0 Å². The molecule has 0 aromatic heterocycles. The number of carbonyl (C=O) groups excluding carboxylic acids is 3. The van der Waals surface area contributed by atoms with Gasteiger partial charge >= 0.3 is 0 Å². The molecule has 27 heavy (non-hydrogen) atoms. The van der Waals surface area contributed by atoms with Gasteiger partial charge in [-0.3, -0.25) is 14.4 Å². The first-order valence-corrected chi connectivity index (χ1v) is 9.84. The van der Waals surface area contributed by atoms with Crippen LogP contribution in [0.5, 0.6) is 0 Å². The summed E-state index contributed by atoms with van der Waals surface area (Å²) >= 11 is 0. The molecule has 1 saturated carbocycles. The van der Waals surface area contributed by atoms with Crippen LogP contribution in [0.25, 0.3) is 0 Å². The molecule has 146 valence electrons. The molecule has 1 aliphatic heterocycles. The summed E-state index contributed by atoms with van der Waals surface area (Å²) in [5, 5.41) is 5.84. The van der Waals surface area contributed by atoms with E-state index in [1.165, 1.54) is 6.92 Å². The fraction of sp³-hybridized carbons (Fsp3) is 0.571. The van der Waals surface area contributed by atoms with Crippen molar-refractivity contribution in [2.45, 2.75) is 58.0 Å². The minimum absolute atomic E-state index is 0.0505. The number of nitrogens with zero attached hydrogens (tertiary/aromatic N) is 1. The molecule has 2 aliphatic rings. The number of hydrogen-bond donors (Lipinski definition) is 2. The van der Waals surface area contributed by atoms with Crippen LogP contribution in [-0.2, 0) is 20.8 Å². The Hall–Kier alpha value is -2.37. The van der Waals surface area contributed by atoms with Gasteiger partial charge in [0.1, 0.15) is 6.04 Å². The summed E-state index contributed by atoms with van der Waals surface area (Å²) in [6, 6.07) is 7.43. The van der Waals surface area contributed by atoms with Crippen LogP contribution in [0.3, 0.4) is 0 Å². The Bertz CT molecular complexity index is 706. The van der Waals surface area contributed by atoms with E-state index in [0.29, 0.717) is 19.5 Å². The highest BCUT2D eigenvalue weighted by molar-refractivity contribution is 5.87. The van der Waals surface area contributed by atoms with Crippen LogP contribution < -0.4 is 10.6 Å². The fourth-order valence-electron chi connectivity index (χ4n) is 3.66. The first-order chi connectivity index (χ1) is 12.9. The largest absolute Gasteiger partial charge is 0.351 e. The average molecular weight is 371 g/mol. The minimum Gasteiger partial charge on any atom is -0.351 e. The Balaban J connectivity index is 1.54. The molecule has 1 heterocycles. The van der Waals surface area contributed by atoms with Crippen molar-refractivity contribution in [2.75, 3.05) is 13.1 Å². The van der Waals surface area contributed by atoms with E-state index in [9.17, 15) is 14.4 Å². The summed E-state index contributed by atoms with van der Waals surface area (Å²) in [7, 11) is 0.